The third-order valence-electron chi connectivity index (χ3n) is 3.58. The average Bonchev–Trinajstić information content (AvgIpc) is 2.25. The summed E-state index contributed by atoms with van der Waals surface area (Å²) in [6, 6.07) is 0.106. The maximum atomic E-state index is 12.2. The van der Waals surface area contributed by atoms with E-state index in [0.29, 0.717) is 18.3 Å². The third-order valence-corrected chi connectivity index (χ3v) is 3.58. The van der Waals surface area contributed by atoms with Crippen molar-refractivity contribution in [2.24, 2.45) is 17.8 Å². The Morgan fingerprint density at radius 1 is 1.26 bits per heavy atom. The van der Waals surface area contributed by atoms with E-state index in [0.717, 1.165) is 12.8 Å². The van der Waals surface area contributed by atoms with E-state index < -0.39 is 11.9 Å². The Morgan fingerprint density at radius 3 is 2.32 bits per heavy atom. The minimum Gasteiger partial charge on any atom is -0.468 e. The lowest BCUT2D eigenvalue weighted by molar-refractivity contribution is -0.152. The highest BCUT2D eigenvalue weighted by Crippen LogP contribution is 2.25. The van der Waals surface area contributed by atoms with Crippen LogP contribution in [0.4, 0.5) is 0 Å². The summed E-state index contributed by atoms with van der Waals surface area (Å²) in [5.74, 6) is -0.0150. The van der Waals surface area contributed by atoms with Gasteiger partial charge < -0.3 is 10.1 Å². The van der Waals surface area contributed by atoms with Crippen molar-refractivity contribution in [3.05, 3.63) is 0 Å². The summed E-state index contributed by atoms with van der Waals surface area (Å²) in [6.07, 6.45) is 2.22. The first-order valence-electron chi connectivity index (χ1n) is 7.21. The molecule has 0 aromatic rings. The Hall–Kier alpha value is -0.900. The first kappa shape index (κ1) is 16.2. The predicted octanol–water partition coefficient (Wildman–Crippen LogP) is 2.17. The van der Waals surface area contributed by atoms with Gasteiger partial charge in [0.2, 0.25) is 0 Å². The van der Waals surface area contributed by atoms with Crippen LogP contribution in [0, 0.1) is 17.8 Å². The van der Waals surface area contributed by atoms with Crippen LogP contribution >= 0.6 is 0 Å². The molecule has 1 aliphatic heterocycles. The molecule has 0 bridgehead atoms. The van der Waals surface area contributed by atoms with Gasteiger partial charge in [-0.25, -0.2) is 0 Å². The SMILES string of the molecule is COC(=O)C1C(=O)C[C@H](CC(C)C)N[C@@H]1CC(C)C. The van der Waals surface area contributed by atoms with Crippen LogP contribution in [-0.2, 0) is 14.3 Å². The van der Waals surface area contributed by atoms with Gasteiger partial charge in [-0.3, -0.25) is 9.59 Å². The monoisotopic (exact) mass is 269 g/mol. The summed E-state index contributed by atoms with van der Waals surface area (Å²) < 4.78 is 4.79. The van der Waals surface area contributed by atoms with Crippen LogP contribution in [0.3, 0.4) is 0 Å². The molecule has 1 N–H and O–H groups in total. The van der Waals surface area contributed by atoms with E-state index >= 15 is 0 Å². The number of piperidine rings is 1. The first-order chi connectivity index (χ1) is 8.85. The van der Waals surface area contributed by atoms with Gasteiger partial charge >= 0.3 is 5.97 Å². The van der Waals surface area contributed by atoms with Crippen molar-refractivity contribution in [2.45, 2.75) is 59.0 Å². The van der Waals surface area contributed by atoms with Gasteiger partial charge in [0.25, 0.3) is 0 Å². The van der Waals surface area contributed by atoms with E-state index in [2.05, 4.69) is 33.0 Å². The molecule has 0 radical (unpaired) electrons. The molecule has 1 rings (SSSR count). The maximum Gasteiger partial charge on any atom is 0.317 e. The highest BCUT2D eigenvalue weighted by molar-refractivity contribution is 6.00. The Labute approximate surface area is 116 Å². The molecule has 0 amide bonds. The van der Waals surface area contributed by atoms with Gasteiger partial charge in [-0.05, 0) is 24.7 Å². The molecular weight excluding hydrogens is 242 g/mol. The zero-order valence-electron chi connectivity index (χ0n) is 12.7. The number of methoxy groups -OCH3 is 1. The molecule has 0 aromatic heterocycles. The summed E-state index contributed by atoms with van der Waals surface area (Å²) >= 11 is 0. The number of Topliss-reactive ketones (excluding diaryl/α,β-unsaturated/α-hetero) is 1. The van der Waals surface area contributed by atoms with Crippen LogP contribution in [0.5, 0.6) is 0 Å². The minimum atomic E-state index is -0.629. The Kier molecular flexibility index (Phi) is 5.98. The molecule has 1 fully saturated rings. The lowest BCUT2D eigenvalue weighted by Gasteiger charge is -2.36. The first-order valence-corrected chi connectivity index (χ1v) is 7.21. The molecule has 0 spiro atoms. The highest BCUT2D eigenvalue weighted by atomic mass is 16.5. The lowest BCUT2D eigenvalue weighted by Crippen LogP contribution is -2.55. The zero-order chi connectivity index (χ0) is 14.6. The number of hydrogen-bond acceptors (Lipinski definition) is 4. The van der Waals surface area contributed by atoms with Crippen LogP contribution < -0.4 is 5.32 Å². The van der Waals surface area contributed by atoms with Gasteiger partial charge in [0.1, 0.15) is 11.7 Å². The number of rotatable bonds is 5. The number of esters is 1. The Bertz CT molecular complexity index is 325. The molecule has 1 heterocycles. The Morgan fingerprint density at radius 2 is 1.84 bits per heavy atom. The van der Waals surface area contributed by atoms with Crippen molar-refractivity contribution in [2.75, 3.05) is 7.11 Å². The van der Waals surface area contributed by atoms with Crippen LogP contribution in [0.2, 0.25) is 0 Å². The van der Waals surface area contributed by atoms with Crippen molar-refractivity contribution < 1.29 is 14.3 Å². The molecule has 19 heavy (non-hydrogen) atoms. The molecule has 0 aliphatic carbocycles. The maximum absolute atomic E-state index is 12.2. The van der Waals surface area contributed by atoms with Crippen molar-refractivity contribution in [1.29, 1.82) is 0 Å². The predicted molar refractivity (Wildman–Crippen MR) is 74.8 cm³/mol. The van der Waals surface area contributed by atoms with E-state index in [4.69, 9.17) is 4.74 Å². The van der Waals surface area contributed by atoms with Crippen LogP contribution in [0.1, 0.15) is 47.0 Å². The number of nitrogens with one attached hydrogen (secondary N) is 1. The van der Waals surface area contributed by atoms with Gasteiger partial charge in [-0.15, -0.1) is 0 Å². The molecule has 0 saturated carbocycles. The van der Waals surface area contributed by atoms with Gasteiger partial charge in [-0.1, -0.05) is 27.7 Å². The molecule has 1 aliphatic rings. The minimum absolute atomic E-state index is 0.0295. The fourth-order valence-corrected chi connectivity index (χ4v) is 2.91. The largest absolute Gasteiger partial charge is 0.468 e. The van der Waals surface area contributed by atoms with Crippen molar-refractivity contribution in [3.8, 4) is 0 Å². The topological polar surface area (TPSA) is 55.4 Å². The molecule has 1 unspecified atom stereocenters. The number of hydrogen-bond donors (Lipinski definition) is 1. The van der Waals surface area contributed by atoms with Crippen molar-refractivity contribution in [3.63, 3.8) is 0 Å². The van der Waals surface area contributed by atoms with E-state index in [1.807, 2.05) is 0 Å². The standard InChI is InChI=1S/C15H27NO3/c1-9(2)6-11-8-13(17)14(15(18)19-5)12(16-11)7-10(3)4/h9-12,14,16H,6-8H2,1-5H3/t11-,12+,14?/m0/s1. The molecule has 1 saturated heterocycles. The second kappa shape index (κ2) is 7.04. The summed E-state index contributed by atoms with van der Waals surface area (Å²) in [6.45, 7) is 8.51. The third kappa shape index (κ3) is 4.60. The number of carbonyl (C=O) groups is 2. The summed E-state index contributed by atoms with van der Waals surface area (Å²) in [5.41, 5.74) is 0. The van der Waals surface area contributed by atoms with Crippen molar-refractivity contribution >= 4 is 11.8 Å². The molecule has 0 aromatic carbocycles. The van der Waals surface area contributed by atoms with Gasteiger partial charge in [0.05, 0.1) is 7.11 Å². The fourth-order valence-electron chi connectivity index (χ4n) is 2.91. The molecule has 4 nitrogen and oxygen atoms in total. The molecule has 110 valence electrons. The Balaban J connectivity index is 2.81. The molecule has 4 heteroatoms. The number of carbonyl (C=O) groups excluding carboxylic acids is 2. The number of ether oxygens (including phenoxy) is 1. The average molecular weight is 269 g/mol. The second-order valence-corrected chi connectivity index (χ2v) is 6.40. The number of ketones is 1. The van der Waals surface area contributed by atoms with Crippen molar-refractivity contribution in [1.82, 2.24) is 5.32 Å². The highest BCUT2D eigenvalue weighted by Gasteiger charge is 2.41. The zero-order valence-corrected chi connectivity index (χ0v) is 12.7. The smallest absolute Gasteiger partial charge is 0.317 e. The summed E-state index contributed by atoms with van der Waals surface area (Å²) in [5, 5.41) is 3.49. The van der Waals surface area contributed by atoms with Crippen LogP contribution in [-0.4, -0.2) is 30.9 Å². The van der Waals surface area contributed by atoms with Gasteiger partial charge in [-0.2, -0.15) is 0 Å². The van der Waals surface area contributed by atoms with Crippen LogP contribution in [0.15, 0.2) is 0 Å². The molecular formula is C15H27NO3. The summed E-state index contributed by atoms with van der Waals surface area (Å²) in [7, 11) is 1.35. The quantitative estimate of drug-likeness (QED) is 0.614. The fraction of sp³-hybridized carbons (Fsp3) is 0.867. The molecule has 3 atom stereocenters. The summed E-state index contributed by atoms with van der Waals surface area (Å²) in [4.78, 5) is 24.1. The van der Waals surface area contributed by atoms with E-state index in [-0.39, 0.29) is 17.9 Å². The second-order valence-electron chi connectivity index (χ2n) is 6.40. The van der Waals surface area contributed by atoms with Crippen LogP contribution in [0.25, 0.3) is 0 Å². The lowest BCUT2D eigenvalue weighted by atomic mass is 9.80. The van der Waals surface area contributed by atoms with Gasteiger partial charge in [0.15, 0.2) is 0 Å². The normalized spacial score (nSPS) is 27.9. The van der Waals surface area contributed by atoms with E-state index in [1.165, 1.54) is 7.11 Å². The van der Waals surface area contributed by atoms with E-state index in [1.54, 1.807) is 0 Å². The van der Waals surface area contributed by atoms with Gasteiger partial charge in [0, 0.05) is 18.5 Å². The van der Waals surface area contributed by atoms with E-state index in [9.17, 15) is 9.59 Å².